The van der Waals surface area contributed by atoms with Crippen LogP contribution in [0.2, 0.25) is 0 Å². The van der Waals surface area contributed by atoms with Crippen molar-refractivity contribution in [3.8, 4) is 5.75 Å². The molecular formula is C21H17F3N2O4S. The molecule has 0 aliphatic carbocycles. The first-order chi connectivity index (χ1) is 14.8. The molecule has 2 aromatic carbocycles. The van der Waals surface area contributed by atoms with Crippen LogP contribution in [0.3, 0.4) is 0 Å². The number of nitrogens with one attached hydrogen (secondary N) is 1. The fourth-order valence-corrected chi connectivity index (χ4v) is 3.48. The number of hydrogen-bond donors (Lipinski definition) is 1. The summed E-state index contributed by atoms with van der Waals surface area (Å²) in [5.41, 5.74) is 1.38. The maximum atomic E-state index is 12.1. The summed E-state index contributed by atoms with van der Waals surface area (Å²) in [6, 6.07) is 12.7. The molecule has 1 N–H and O–H groups in total. The van der Waals surface area contributed by atoms with Gasteiger partial charge in [0.1, 0.15) is 5.75 Å². The Kier molecular flexibility index (Phi) is 7.24. The number of thiazole rings is 1. The number of fused-ring (bicyclic) bond motifs is 1. The van der Waals surface area contributed by atoms with Gasteiger partial charge >= 0.3 is 12.3 Å². The summed E-state index contributed by atoms with van der Waals surface area (Å²) < 4.78 is 46.0. The molecule has 0 bridgehead atoms. The van der Waals surface area contributed by atoms with Gasteiger partial charge in [0.05, 0.1) is 15.2 Å². The van der Waals surface area contributed by atoms with E-state index in [1.165, 1.54) is 18.2 Å². The average molecular weight is 450 g/mol. The van der Waals surface area contributed by atoms with E-state index >= 15 is 0 Å². The van der Waals surface area contributed by atoms with Crippen molar-refractivity contribution in [3.63, 3.8) is 0 Å². The Morgan fingerprint density at radius 2 is 1.84 bits per heavy atom. The zero-order valence-electron chi connectivity index (χ0n) is 16.0. The predicted molar refractivity (Wildman–Crippen MR) is 109 cm³/mol. The molecule has 0 atom stereocenters. The van der Waals surface area contributed by atoms with Crippen LogP contribution in [0, 0.1) is 0 Å². The number of benzene rings is 2. The van der Waals surface area contributed by atoms with Crippen LogP contribution in [0.1, 0.15) is 10.6 Å². The molecule has 6 nitrogen and oxygen atoms in total. The molecule has 0 aliphatic rings. The standard InChI is InChI=1S/C21H17F3N2O4S/c22-21(23,24)30-15-8-5-14(6-9-15)7-10-20(28)29-13-18(27)25-12-11-19-26-16-3-1-2-4-17(16)31-19/h1-10H,11-13H2,(H,25,27)/b10-7+. The molecule has 0 unspecified atom stereocenters. The van der Waals surface area contributed by atoms with Crippen LogP contribution in [-0.4, -0.2) is 36.4 Å². The van der Waals surface area contributed by atoms with Crippen LogP contribution in [0.4, 0.5) is 13.2 Å². The highest BCUT2D eigenvalue weighted by Gasteiger charge is 2.30. The van der Waals surface area contributed by atoms with E-state index < -0.39 is 24.8 Å². The maximum Gasteiger partial charge on any atom is 0.573 e. The molecule has 1 heterocycles. The molecular weight excluding hydrogens is 433 g/mol. The third-order valence-electron chi connectivity index (χ3n) is 3.87. The summed E-state index contributed by atoms with van der Waals surface area (Å²) in [5, 5.41) is 3.55. The van der Waals surface area contributed by atoms with E-state index in [-0.39, 0.29) is 5.75 Å². The van der Waals surface area contributed by atoms with E-state index in [0.717, 1.165) is 33.4 Å². The fourth-order valence-electron chi connectivity index (χ4n) is 2.52. The van der Waals surface area contributed by atoms with E-state index in [1.807, 2.05) is 24.3 Å². The van der Waals surface area contributed by atoms with E-state index in [2.05, 4.69) is 15.0 Å². The molecule has 0 saturated heterocycles. The number of ether oxygens (including phenoxy) is 2. The molecule has 1 aromatic heterocycles. The summed E-state index contributed by atoms with van der Waals surface area (Å²) >= 11 is 1.55. The second kappa shape index (κ2) is 10.1. The summed E-state index contributed by atoms with van der Waals surface area (Å²) in [4.78, 5) is 28.0. The minimum Gasteiger partial charge on any atom is -0.452 e. The smallest absolute Gasteiger partial charge is 0.452 e. The average Bonchev–Trinajstić information content (AvgIpc) is 3.13. The Morgan fingerprint density at radius 3 is 2.55 bits per heavy atom. The molecule has 0 radical (unpaired) electrons. The van der Waals surface area contributed by atoms with Crippen LogP contribution in [0.15, 0.2) is 54.6 Å². The first-order valence-corrected chi connectivity index (χ1v) is 9.92. The van der Waals surface area contributed by atoms with Crippen molar-refractivity contribution in [2.75, 3.05) is 13.2 Å². The van der Waals surface area contributed by atoms with Crippen molar-refractivity contribution >= 4 is 39.5 Å². The third kappa shape index (κ3) is 7.41. The van der Waals surface area contributed by atoms with Crippen LogP contribution >= 0.6 is 11.3 Å². The van der Waals surface area contributed by atoms with Crippen molar-refractivity contribution in [1.29, 1.82) is 0 Å². The van der Waals surface area contributed by atoms with Gasteiger partial charge in [-0.15, -0.1) is 24.5 Å². The number of carbonyl (C=O) groups excluding carboxylic acids is 2. The second-order valence-electron chi connectivity index (χ2n) is 6.23. The third-order valence-corrected chi connectivity index (χ3v) is 4.97. The number of nitrogens with zero attached hydrogens (tertiary/aromatic N) is 1. The van der Waals surface area contributed by atoms with Gasteiger partial charge < -0.3 is 14.8 Å². The molecule has 0 spiro atoms. The van der Waals surface area contributed by atoms with Crippen LogP contribution in [0.25, 0.3) is 16.3 Å². The van der Waals surface area contributed by atoms with Crippen LogP contribution < -0.4 is 10.1 Å². The van der Waals surface area contributed by atoms with Crippen molar-refractivity contribution in [3.05, 3.63) is 65.2 Å². The minimum absolute atomic E-state index is 0.360. The Morgan fingerprint density at radius 1 is 1.10 bits per heavy atom. The fraction of sp³-hybridized carbons (Fsp3) is 0.190. The number of hydrogen-bond acceptors (Lipinski definition) is 6. The lowest BCUT2D eigenvalue weighted by Crippen LogP contribution is -2.30. The lowest BCUT2D eigenvalue weighted by Gasteiger charge is -2.08. The molecule has 3 aromatic rings. The van der Waals surface area contributed by atoms with Gasteiger partial charge in [-0.25, -0.2) is 9.78 Å². The summed E-state index contributed by atoms with van der Waals surface area (Å²) in [6.07, 6.45) is -1.78. The van der Waals surface area contributed by atoms with Crippen molar-refractivity contribution in [1.82, 2.24) is 10.3 Å². The van der Waals surface area contributed by atoms with Gasteiger partial charge in [0, 0.05) is 19.0 Å². The Hall–Kier alpha value is -3.40. The highest BCUT2D eigenvalue weighted by Crippen LogP contribution is 2.23. The predicted octanol–water partition coefficient (Wildman–Crippen LogP) is 4.11. The van der Waals surface area contributed by atoms with E-state index in [0.29, 0.717) is 18.5 Å². The Labute approximate surface area is 179 Å². The Bertz CT molecular complexity index is 1050. The van der Waals surface area contributed by atoms with Gasteiger partial charge in [0.25, 0.3) is 5.91 Å². The number of aromatic nitrogens is 1. The zero-order chi connectivity index (χ0) is 22.3. The molecule has 3 rings (SSSR count). The molecule has 0 aliphatic heterocycles. The highest BCUT2D eigenvalue weighted by molar-refractivity contribution is 7.18. The SMILES string of the molecule is O=C(COC(=O)/C=C/c1ccc(OC(F)(F)F)cc1)NCCc1nc2ccccc2s1. The van der Waals surface area contributed by atoms with Gasteiger partial charge in [0.2, 0.25) is 0 Å². The Balaban J connectivity index is 1.37. The van der Waals surface area contributed by atoms with Crippen molar-refractivity contribution in [2.45, 2.75) is 12.8 Å². The molecule has 10 heteroatoms. The first-order valence-electron chi connectivity index (χ1n) is 9.10. The van der Waals surface area contributed by atoms with Crippen molar-refractivity contribution < 1.29 is 32.2 Å². The largest absolute Gasteiger partial charge is 0.573 e. The van der Waals surface area contributed by atoms with E-state index in [1.54, 1.807) is 11.3 Å². The number of para-hydroxylation sites is 1. The van der Waals surface area contributed by atoms with E-state index in [4.69, 9.17) is 4.74 Å². The lowest BCUT2D eigenvalue weighted by atomic mass is 10.2. The summed E-state index contributed by atoms with van der Waals surface area (Å²) in [7, 11) is 0. The topological polar surface area (TPSA) is 77.5 Å². The zero-order valence-corrected chi connectivity index (χ0v) is 16.8. The molecule has 1 amide bonds. The normalized spacial score (nSPS) is 11.6. The molecule has 162 valence electrons. The van der Waals surface area contributed by atoms with Crippen molar-refractivity contribution in [2.24, 2.45) is 0 Å². The van der Waals surface area contributed by atoms with Gasteiger partial charge in [0.15, 0.2) is 6.61 Å². The highest BCUT2D eigenvalue weighted by atomic mass is 32.1. The van der Waals surface area contributed by atoms with Crippen LogP contribution in [-0.2, 0) is 20.7 Å². The number of alkyl halides is 3. The van der Waals surface area contributed by atoms with Gasteiger partial charge in [-0.05, 0) is 35.9 Å². The summed E-state index contributed by atoms with van der Waals surface area (Å²) in [5.74, 6) is -1.57. The van der Waals surface area contributed by atoms with Gasteiger partial charge in [-0.2, -0.15) is 0 Å². The molecule has 31 heavy (non-hydrogen) atoms. The molecule has 0 saturated carbocycles. The maximum absolute atomic E-state index is 12.1. The number of amides is 1. The van der Waals surface area contributed by atoms with Gasteiger partial charge in [-0.3, -0.25) is 4.79 Å². The summed E-state index contributed by atoms with van der Waals surface area (Å²) in [6.45, 7) is -0.0836. The van der Waals surface area contributed by atoms with Gasteiger partial charge in [-0.1, -0.05) is 24.3 Å². The minimum atomic E-state index is -4.77. The quantitative estimate of drug-likeness (QED) is 0.413. The number of carbonyl (C=O) groups is 2. The number of rotatable bonds is 8. The van der Waals surface area contributed by atoms with E-state index in [9.17, 15) is 22.8 Å². The first kappa shape index (κ1) is 22.3. The molecule has 0 fully saturated rings. The number of esters is 1. The monoisotopic (exact) mass is 450 g/mol. The lowest BCUT2D eigenvalue weighted by molar-refractivity contribution is -0.274. The second-order valence-corrected chi connectivity index (χ2v) is 7.35. The number of halogens is 3. The van der Waals surface area contributed by atoms with Crippen LogP contribution in [0.5, 0.6) is 5.75 Å².